The van der Waals surface area contributed by atoms with Gasteiger partial charge in [0, 0.05) is 0 Å². The number of aliphatic hydroxyl groups is 1. The van der Waals surface area contributed by atoms with Gasteiger partial charge in [0.15, 0.2) is 0 Å². The van der Waals surface area contributed by atoms with Crippen LogP contribution in [0.3, 0.4) is 0 Å². The standard InChI is InChI=1S/C15H23NO/c1-2-13-6-8-14(9-7-13)15(12-17)16-10-4-3-5-11-16/h6-9,15,17H,2-5,10-12H2,1H3/t15-/m0/s1. The molecule has 0 bridgehead atoms. The highest BCUT2D eigenvalue weighted by atomic mass is 16.3. The maximum absolute atomic E-state index is 9.62. The summed E-state index contributed by atoms with van der Waals surface area (Å²) in [5.41, 5.74) is 2.62. The van der Waals surface area contributed by atoms with E-state index in [0.29, 0.717) is 0 Å². The van der Waals surface area contributed by atoms with Crippen LogP contribution in [0.1, 0.15) is 43.4 Å². The van der Waals surface area contributed by atoms with E-state index in [0.717, 1.165) is 19.5 Å². The van der Waals surface area contributed by atoms with Crippen molar-refractivity contribution in [2.75, 3.05) is 19.7 Å². The maximum Gasteiger partial charge on any atom is 0.0628 e. The van der Waals surface area contributed by atoms with Crippen LogP contribution in [0.15, 0.2) is 24.3 Å². The number of hydrogen-bond acceptors (Lipinski definition) is 2. The molecule has 94 valence electrons. The van der Waals surface area contributed by atoms with Gasteiger partial charge in [0.2, 0.25) is 0 Å². The minimum atomic E-state index is 0.196. The highest BCUT2D eigenvalue weighted by Gasteiger charge is 2.21. The molecule has 1 aromatic rings. The Hall–Kier alpha value is -0.860. The number of rotatable bonds is 4. The average molecular weight is 233 g/mol. The molecule has 0 amide bonds. The summed E-state index contributed by atoms with van der Waals surface area (Å²) >= 11 is 0. The van der Waals surface area contributed by atoms with Crippen LogP contribution in [-0.2, 0) is 6.42 Å². The van der Waals surface area contributed by atoms with E-state index in [-0.39, 0.29) is 12.6 Å². The number of nitrogens with zero attached hydrogens (tertiary/aromatic N) is 1. The summed E-state index contributed by atoms with van der Waals surface area (Å²) in [4.78, 5) is 2.42. The zero-order chi connectivity index (χ0) is 12.1. The Labute approximate surface area is 104 Å². The predicted octanol–water partition coefficient (Wildman–Crippen LogP) is 2.77. The molecule has 1 atom stereocenters. The van der Waals surface area contributed by atoms with Gasteiger partial charge in [0.1, 0.15) is 0 Å². The van der Waals surface area contributed by atoms with E-state index in [2.05, 4.69) is 36.1 Å². The summed E-state index contributed by atoms with van der Waals surface area (Å²) in [6.45, 7) is 4.65. The van der Waals surface area contributed by atoms with Gasteiger partial charge < -0.3 is 5.11 Å². The van der Waals surface area contributed by atoms with Gasteiger partial charge in [-0.1, -0.05) is 37.6 Å². The highest BCUT2D eigenvalue weighted by Crippen LogP contribution is 2.24. The fraction of sp³-hybridized carbons (Fsp3) is 0.600. The second-order valence-corrected chi connectivity index (χ2v) is 4.89. The third-order valence-electron chi connectivity index (χ3n) is 3.78. The van der Waals surface area contributed by atoms with Crippen LogP contribution >= 0.6 is 0 Å². The molecule has 1 N–H and O–H groups in total. The molecule has 0 aromatic heterocycles. The third kappa shape index (κ3) is 3.08. The molecule has 0 aliphatic carbocycles. The molecule has 2 heteroatoms. The SMILES string of the molecule is CCc1ccc([C@H](CO)N2CCCCC2)cc1. The van der Waals surface area contributed by atoms with E-state index in [1.807, 2.05) is 0 Å². The van der Waals surface area contributed by atoms with Crippen molar-refractivity contribution in [1.29, 1.82) is 0 Å². The lowest BCUT2D eigenvalue weighted by Gasteiger charge is -2.33. The minimum Gasteiger partial charge on any atom is -0.394 e. The topological polar surface area (TPSA) is 23.5 Å². The Bertz CT molecular complexity index is 327. The fourth-order valence-corrected chi connectivity index (χ4v) is 2.64. The van der Waals surface area contributed by atoms with Crippen LogP contribution in [0.2, 0.25) is 0 Å². The molecule has 1 aromatic carbocycles. The minimum absolute atomic E-state index is 0.196. The molecule has 1 saturated heterocycles. The van der Waals surface area contributed by atoms with Gasteiger partial charge in [-0.3, -0.25) is 4.90 Å². The van der Waals surface area contributed by atoms with Crippen molar-refractivity contribution in [1.82, 2.24) is 4.90 Å². The fourth-order valence-electron chi connectivity index (χ4n) is 2.64. The van der Waals surface area contributed by atoms with Gasteiger partial charge in [-0.25, -0.2) is 0 Å². The van der Waals surface area contributed by atoms with Crippen molar-refractivity contribution in [3.05, 3.63) is 35.4 Å². The zero-order valence-corrected chi connectivity index (χ0v) is 10.7. The molecular formula is C15H23NO. The van der Waals surface area contributed by atoms with Crippen LogP contribution in [-0.4, -0.2) is 29.7 Å². The van der Waals surface area contributed by atoms with Crippen molar-refractivity contribution in [3.63, 3.8) is 0 Å². The molecule has 1 aliphatic heterocycles. The monoisotopic (exact) mass is 233 g/mol. The number of aliphatic hydroxyl groups excluding tert-OH is 1. The van der Waals surface area contributed by atoms with E-state index in [1.54, 1.807) is 0 Å². The van der Waals surface area contributed by atoms with Crippen LogP contribution in [0.5, 0.6) is 0 Å². The second-order valence-electron chi connectivity index (χ2n) is 4.89. The van der Waals surface area contributed by atoms with Crippen molar-refractivity contribution in [3.8, 4) is 0 Å². The lowest BCUT2D eigenvalue weighted by Crippen LogP contribution is -2.35. The molecule has 1 fully saturated rings. The van der Waals surface area contributed by atoms with Gasteiger partial charge in [0.05, 0.1) is 12.6 Å². The summed E-state index contributed by atoms with van der Waals surface area (Å²) in [5, 5.41) is 9.62. The van der Waals surface area contributed by atoms with Crippen molar-refractivity contribution in [2.24, 2.45) is 0 Å². The zero-order valence-electron chi connectivity index (χ0n) is 10.7. The van der Waals surface area contributed by atoms with Crippen molar-refractivity contribution < 1.29 is 5.11 Å². The number of aryl methyl sites for hydroxylation is 1. The number of benzene rings is 1. The first kappa shape index (κ1) is 12.6. The van der Waals surface area contributed by atoms with Gasteiger partial charge >= 0.3 is 0 Å². The van der Waals surface area contributed by atoms with Crippen LogP contribution in [0.25, 0.3) is 0 Å². The Kier molecular flexibility index (Phi) is 4.57. The van der Waals surface area contributed by atoms with E-state index in [4.69, 9.17) is 0 Å². The molecule has 0 saturated carbocycles. The first-order valence-electron chi connectivity index (χ1n) is 6.79. The molecule has 2 nitrogen and oxygen atoms in total. The predicted molar refractivity (Wildman–Crippen MR) is 71.1 cm³/mol. The normalized spacial score (nSPS) is 19.2. The summed E-state index contributed by atoms with van der Waals surface area (Å²) < 4.78 is 0. The van der Waals surface area contributed by atoms with Crippen LogP contribution in [0, 0.1) is 0 Å². The average Bonchev–Trinajstić information content (AvgIpc) is 2.42. The van der Waals surface area contributed by atoms with E-state index >= 15 is 0 Å². The molecule has 1 aliphatic rings. The van der Waals surface area contributed by atoms with Gasteiger partial charge in [-0.05, 0) is 43.5 Å². The molecule has 0 spiro atoms. The van der Waals surface area contributed by atoms with E-state index < -0.39 is 0 Å². The Morgan fingerprint density at radius 3 is 2.29 bits per heavy atom. The number of hydrogen-bond donors (Lipinski definition) is 1. The van der Waals surface area contributed by atoms with E-state index in [9.17, 15) is 5.11 Å². The molecule has 17 heavy (non-hydrogen) atoms. The lowest BCUT2D eigenvalue weighted by molar-refractivity contribution is 0.104. The van der Waals surface area contributed by atoms with Crippen LogP contribution < -0.4 is 0 Å². The smallest absolute Gasteiger partial charge is 0.0628 e. The number of piperidine rings is 1. The van der Waals surface area contributed by atoms with Crippen molar-refractivity contribution in [2.45, 2.75) is 38.6 Å². The quantitative estimate of drug-likeness (QED) is 0.864. The molecular weight excluding hydrogens is 210 g/mol. The molecule has 2 rings (SSSR count). The van der Waals surface area contributed by atoms with E-state index in [1.165, 1.54) is 30.4 Å². The molecule has 0 unspecified atom stereocenters. The summed E-state index contributed by atoms with van der Waals surface area (Å²) in [6.07, 6.45) is 4.95. The Balaban J connectivity index is 2.10. The number of likely N-dealkylation sites (tertiary alicyclic amines) is 1. The second kappa shape index (κ2) is 6.18. The van der Waals surface area contributed by atoms with Crippen LogP contribution in [0.4, 0.5) is 0 Å². The highest BCUT2D eigenvalue weighted by molar-refractivity contribution is 5.25. The summed E-state index contributed by atoms with van der Waals surface area (Å²) in [6, 6.07) is 8.91. The first-order valence-corrected chi connectivity index (χ1v) is 6.79. The summed E-state index contributed by atoms with van der Waals surface area (Å²) in [5.74, 6) is 0. The lowest BCUT2D eigenvalue weighted by atomic mass is 10.0. The molecule has 1 heterocycles. The Morgan fingerprint density at radius 2 is 1.76 bits per heavy atom. The first-order chi connectivity index (χ1) is 8.35. The Morgan fingerprint density at radius 1 is 1.12 bits per heavy atom. The summed E-state index contributed by atoms with van der Waals surface area (Å²) in [7, 11) is 0. The maximum atomic E-state index is 9.62. The van der Waals surface area contributed by atoms with Crippen molar-refractivity contribution >= 4 is 0 Å². The third-order valence-corrected chi connectivity index (χ3v) is 3.78. The van der Waals surface area contributed by atoms with Gasteiger partial charge in [-0.2, -0.15) is 0 Å². The van der Waals surface area contributed by atoms with Gasteiger partial charge in [-0.15, -0.1) is 0 Å². The van der Waals surface area contributed by atoms with Gasteiger partial charge in [0.25, 0.3) is 0 Å². The largest absolute Gasteiger partial charge is 0.394 e. The molecule has 0 radical (unpaired) electrons.